The van der Waals surface area contributed by atoms with Crippen molar-refractivity contribution in [3.05, 3.63) is 194 Å². The van der Waals surface area contributed by atoms with Gasteiger partial charge in [-0.25, -0.2) is 10.9 Å². The maximum absolute atomic E-state index is 13.2. The molecule has 0 saturated carbocycles. The van der Waals surface area contributed by atoms with Crippen molar-refractivity contribution in [1.29, 1.82) is 0 Å². The van der Waals surface area contributed by atoms with Gasteiger partial charge in [0.05, 0.1) is 38.5 Å². The third-order valence-electron chi connectivity index (χ3n) is 10.1. The van der Waals surface area contributed by atoms with Crippen molar-refractivity contribution in [3.63, 3.8) is 0 Å². The summed E-state index contributed by atoms with van der Waals surface area (Å²) in [6.07, 6.45) is 2.75. The van der Waals surface area contributed by atoms with E-state index in [1.807, 2.05) is 31.2 Å². The Hall–Kier alpha value is -8.66. The highest BCUT2D eigenvalue weighted by Gasteiger charge is 2.20. The number of nitrogens with one attached hydrogen (secondary N) is 2. The summed E-state index contributed by atoms with van der Waals surface area (Å²) < 4.78 is 0. The van der Waals surface area contributed by atoms with Crippen LogP contribution in [0.1, 0.15) is 37.4 Å². The van der Waals surface area contributed by atoms with Crippen LogP contribution in [0.15, 0.2) is 176 Å². The molecule has 2 amide bonds. The van der Waals surface area contributed by atoms with E-state index in [0.29, 0.717) is 38.2 Å². The lowest BCUT2D eigenvalue weighted by Crippen LogP contribution is -2.17. The number of aromatic hydroxyl groups is 2. The van der Waals surface area contributed by atoms with Gasteiger partial charge >= 0.3 is 0 Å². The van der Waals surface area contributed by atoms with Crippen LogP contribution in [0.5, 0.6) is 11.5 Å². The number of rotatable bonds is 12. The number of fused-ring (bicyclic) bond motifs is 2. The van der Waals surface area contributed by atoms with Crippen LogP contribution in [0, 0.1) is 17.0 Å². The quantitative estimate of drug-likeness (QED) is 0.0404. The van der Waals surface area contributed by atoms with E-state index in [2.05, 4.69) is 41.5 Å². The lowest BCUT2D eigenvalue weighted by molar-refractivity contribution is -0.384. The zero-order valence-corrected chi connectivity index (χ0v) is 35.9. The first kappa shape index (κ1) is 44.0. The second-order valence-electron chi connectivity index (χ2n) is 14.6. The number of azo groups is 2. The summed E-state index contributed by atoms with van der Waals surface area (Å²) in [4.78, 5) is 37.0. The summed E-state index contributed by atoms with van der Waals surface area (Å²) >= 11 is 13.4. The predicted octanol–water partition coefficient (Wildman–Crippen LogP) is 13.0. The lowest BCUT2D eigenvalue weighted by Gasteiger charge is -2.10. The van der Waals surface area contributed by atoms with Gasteiger partial charge in [0.2, 0.25) is 0 Å². The Kier molecular flexibility index (Phi) is 12.9. The molecule has 0 radical (unpaired) electrons. The molecule has 8 aromatic carbocycles. The summed E-state index contributed by atoms with van der Waals surface area (Å²) in [5, 5.41) is 61.8. The van der Waals surface area contributed by atoms with Crippen molar-refractivity contribution in [2.75, 3.05) is 0 Å². The minimum absolute atomic E-state index is 0.0111. The summed E-state index contributed by atoms with van der Waals surface area (Å²) in [5.41, 5.74) is 8.69. The number of benzene rings is 8. The van der Waals surface area contributed by atoms with E-state index in [4.69, 9.17) is 23.2 Å². The van der Waals surface area contributed by atoms with Gasteiger partial charge in [0.15, 0.2) is 11.5 Å². The standard InChI is InChI=1S/C49H33Cl2N9O6/c1-28-8-6-9-29(20-28)26-52-58-48(63)38-22-33-11-2-4-14-36(33)44(46(38)61)56-54-42-18-16-31(24-40(42)50)32-17-19-43(41(51)25-32)55-57-45-37-15-5-3-12-34(37)23-39(47(45)62)49(64)59-53-27-30-10-7-13-35(21-30)60(65)66/h2-27,61-62H,1H3,(H,58,63)(H,59,64)/b52-26-,53-27-,56-54?,57-55?. The van der Waals surface area contributed by atoms with E-state index in [-0.39, 0.29) is 55.4 Å². The second-order valence-corrected chi connectivity index (χ2v) is 15.4. The Morgan fingerprint density at radius 3 is 1.52 bits per heavy atom. The average molecular weight is 915 g/mol. The van der Waals surface area contributed by atoms with Gasteiger partial charge in [-0.2, -0.15) is 10.2 Å². The fourth-order valence-corrected chi connectivity index (χ4v) is 7.28. The highest BCUT2D eigenvalue weighted by atomic mass is 35.5. The molecule has 0 saturated heterocycles. The zero-order valence-electron chi connectivity index (χ0n) is 34.4. The van der Waals surface area contributed by atoms with Gasteiger partial charge in [-0.05, 0) is 70.8 Å². The number of hydrazone groups is 2. The van der Waals surface area contributed by atoms with Crippen molar-refractivity contribution >= 4 is 97.4 Å². The van der Waals surface area contributed by atoms with Gasteiger partial charge in [-0.15, -0.1) is 20.5 Å². The fraction of sp³-hybridized carbons (Fsp3) is 0.0204. The first-order valence-corrected chi connectivity index (χ1v) is 20.6. The first-order valence-electron chi connectivity index (χ1n) is 19.8. The molecule has 8 rings (SSSR count). The number of carbonyl (C=O) groups is 2. The normalized spacial score (nSPS) is 11.7. The van der Waals surface area contributed by atoms with E-state index < -0.39 is 22.5 Å². The van der Waals surface area contributed by atoms with Crippen molar-refractivity contribution < 1.29 is 24.7 Å². The van der Waals surface area contributed by atoms with Gasteiger partial charge in [0.1, 0.15) is 22.7 Å². The SMILES string of the molecule is Cc1cccc(/C=N\NC(=O)c2cc3ccccc3c(N=Nc3ccc(-c4ccc(N=Nc5c(O)c(C(=O)N/N=C\c6cccc([N+](=O)[O-])c6)cc6ccccc56)c(Cl)c4)cc3Cl)c2O)c1. The number of amides is 2. The molecule has 0 aromatic heterocycles. The zero-order chi connectivity index (χ0) is 46.3. The Balaban J connectivity index is 1.00. The molecule has 0 atom stereocenters. The number of phenols is 2. The summed E-state index contributed by atoms with van der Waals surface area (Å²) in [6.45, 7) is 1.95. The van der Waals surface area contributed by atoms with Crippen LogP contribution >= 0.6 is 23.2 Å². The number of carbonyl (C=O) groups excluding carboxylic acids is 2. The Bertz CT molecular complexity index is 3370. The molecule has 0 unspecified atom stereocenters. The van der Waals surface area contributed by atoms with Crippen molar-refractivity contribution in [3.8, 4) is 22.6 Å². The van der Waals surface area contributed by atoms with Gasteiger partial charge in [0.25, 0.3) is 17.5 Å². The summed E-state index contributed by atoms with van der Waals surface area (Å²) in [7, 11) is 0. The number of nitro benzene ring substituents is 1. The number of nitro groups is 1. The van der Waals surface area contributed by atoms with Crippen LogP contribution in [0.2, 0.25) is 10.0 Å². The molecule has 0 spiro atoms. The molecule has 0 bridgehead atoms. The molecule has 324 valence electrons. The lowest BCUT2D eigenvalue weighted by atomic mass is 10.0. The number of aryl methyl sites for hydroxylation is 1. The number of phenolic OH excluding ortho intramolecular Hbond substituents is 2. The van der Waals surface area contributed by atoms with Crippen molar-refractivity contribution in [2.45, 2.75) is 6.92 Å². The molecular weight excluding hydrogens is 882 g/mol. The number of nitrogens with zero attached hydrogens (tertiary/aromatic N) is 7. The average Bonchev–Trinajstić information content (AvgIpc) is 3.31. The molecule has 0 fully saturated rings. The largest absolute Gasteiger partial charge is 0.505 e. The van der Waals surface area contributed by atoms with Crippen LogP contribution in [0.3, 0.4) is 0 Å². The molecule has 0 aliphatic rings. The molecule has 0 heterocycles. The van der Waals surface area contributed by atoms with Crippen LogP contribution in [-0.4, -0.2) is 39.4 Å². The predicted molar refractivity (Wildman–Crippen MR) is 256 cm³/mol. The van der Waals surface area contributed by atoms with Gasteiger partial charge in [0, 0.05) is 28.5 Å². The number of non-ortho nitro benzene ring substituents is 1. The van der Waals surface area contributed by atoms with E-state index in [0.717, 1.165) is 11.1 Å². The molecule has 17 heteroatoms. The Morgan fingerprint density at radius 1 is 0.576 bits per heavy atom. The molecular formula is C49H33Cl2N9O6. The highest BCUT2D eigenvalue weighted by molar-refractivity contribution is 6.34. The van der Waals surface area contributed by atoms with Crippen LogP contribution in [0.25, 0.3) is 32.7 Å². The maximum Gasteiger partial charge on any atom is 0.275 e. The van der Waals surface area contributed by atoms with E-state index in [9.17, 15) is 29.9 Å². The van der Waals surface area contributed by atoms with Crippen molar-refractivity contribution in [1.82, 2.24) is 10.9 Å². The van der Waals surface area contributed by atoms with Crippen LogP contribution in [-0.2, 0) is 0 Å². The maximum atomic E-state index is 13.2. The van der Waals surface area contributed by atoms with Crippen LogP contribution < -0.4 is 10.9 Å². The van der Waals surface area contributed by atoms with Gasteiger partial charge in [-0.1, -0.05) is 126 Å². The molecule has 66 heavy (non-hydrogen) atoms. The van der Waals surface area contributed by atoms with E-state index >= 15 is 0 Å². The molecule has 15 nitrogen and oxygen atoms in total. The summed E-state index contributed by atoms with van der Waals surface area (Å²) in [5.74, 6) is -2.24. The third-order valence-corrected chi connectivity index (χ3v) is 10.7. The Labute approximate surface area is 385 Å². The minimum Gasteiger partial charge on any atom is -0.505 e. The van der Waals surface area contributed by atoms with Gasteiger partial charge < -0.3 is 10.2 Å². The monoisotopic (exact) mass is 913 g/mol. The second kappa shape index (κ2) is 19.4. The molecule has 8 aromatic rings. The van der Waals surface area contributed by atoms with Gasteiger partial charge in [-0.3, -0.25) is 19.7 Å². The van der Waals surface area contributed by atoms with Crippen molar-refractivity contribution in [2.24, 2.45) is 30.7 Å². The van der Waals surface area contributed by atoms with E-state index in [1.54, 1.807) is 97.1 Å². The molecule has 4 N–H and O–H groups in total. The fourth-order valence-electron chi connectivity index (χ4n) is 6.85. The van der Waals surface area contributed by atoms with Crippen LogP contribution in [0.4, 0.5) is 28.4 Å². The highest BCUT2D eigenvalue weighted by Crippen LogP contribution is 2.42. The topological polar surface area (TPSA) is 216 Å². The molecule has 0 aliphatic carbocycles. The number of hydrogen-bond donors (Lipinski definition) is 4. The summed E-state index contributed by atoms with van der Waals surface area (Å²) in [6, 6.07) is 40.6. The number of halogens is 2. The smallest absolute Gasteiger partial charge is 0.275 e. The number of hydrogen-bond acceptors (Lipinski definition) is 12. The first-order chi connectivity index (χ1) is 31.9. The third kappa shape index (κ3) is 9.77. The minimum atomic E-state index is -0.758. The Morgan fingerprint density at radius 2 is 1.05 bits per heavy atom. The molecule has 0 aliphatic heterocycles. The van der Waals surface area contributed by atoms with E-state index in [1.165, 1.54) is 36.7 Å².